The second kappa shape index (κ2) is 12.1. The lowest BCUT2D eigenvalue weighted by Gasteiger charge is -2.37. The summed E-state index contributed by atoms with van der Waals surface area (Å²) < 4.78 is 17.4. The highest BCUT2D eigenvalue weighted by Gasteiger charge is 2.37. The summed E-state index contributed by atoms with van der Waals surface area (Å²) in [7, 11) is -0.187. The number of methoxy groups -OCH3 is 1. The van der Waals surface area contributed by atoms with Crippen LogP contribution in [-0.2, 0) is 18.7 Å². The number of carbonyl (C=O) groups is 1. The van der Waals surface area contributed by atoms with Gasteiger partial charge in [-0.3, -0.25) is 4.79 Å². The first kappa shape index (κ1) is 27.8. The van der Waals surface area contributed by atoms with Gasteiger partial charge in [0.1, 0.15) is 6.79 Å². The van der Waals surface area contributed by atoms with Gasteiger partial charge in [0.15, 0.2) is 14.1 Å². The van der Waals surface area contributed by atoms with Crippen LogP contribution in [0.5, 0.6) is 0 Å². The fourth-order valence-corrected chi connectivity index (χ4v) is 4.78. The Morgan fingerprint density at radius 2 is 1.97 bits per heavy atom. The predicted molar refractivity (Wildman–Crippen MR) is 133 cm³/mol. The average molecular weight is 449 g/mol. The maximum atomic E-state index is 13.0. The van der Waals surface area contributed by atoms with Crippen molar-refractivity contribution in [2.45, 2.75) is 78.1 Å². The molecule has 0 fully saturated rings. The van der Waals surface area contributed by atoms with Crippen LogP contribution in [0.3, 0.4) is 0 Å². The van der Waals surface area contributed by atoms with E-state index in [2.05, 4.69) is 60.0 Å². The molecule has 0 bridgehead atoms. The van der Waals surface area contributed by atoms with Crippen molar-refractivity contribution in [3.8, 4) is 0 Å². The second-order valence-corrected chi connectivity index (χ2v) is 15.1. The van der Waals surface area contributed by atoms with Crippen molar-refractivity contribution in [2.75, 3.05) is 20.5 Å². The van der Waals surface area contributed by atoms with Gasteiger partial charge in [0.2, 0.25) is 0 Å². The third-order valence-corrected chi connectivity index (χ3v) is 11.3. The van der Waals surface area contributed by atoms with Crippen LogP contribution in [0.15, 0.2) is 48.1 Å². The number of hydrogen-bond donors (Lipinski definition) is 0. The molecule has 0 saturated carbocycles. The fourth-order valence-electron chi connectivity index (χ4n) is 3.74. The van der Waals surface area contributed by atoms with Crippen molar-refractivity contribution in [2.24, 2.45) is 11.8 Å². The van der Waals surface area contributed by atoms with Crippen molar-refractivity contribution in [3.05, 3.63) is 48.1 Å². The highest BCUT2D eigenvalue weighted by atomic mass is 28.4. The third kappa shape index (κ3) is 8.30. The van der Waals surface area contributed by atoms with Gasteiger partial charge in [-0.15, -0.1) is 0 Å². The molecule has 0 aromatic heterocycles. The van der Waals surface area contributed by atoms with E-state index in [9.17, 15) is 4.79 Å². The molecule has 4 nitrogen and oxygen atoms in total. The van der Waals surface area contributed by atoms with Gasteiger partial charge in [-0.2, -0.15) is 0 Å². The smallest absolute Gasteiger partial charge is 0.191 e. The van der Waals surface area contributed by atoms with Crippen LogP contribution >= 0.6 is 0 Å². The second-order valence-electron chi connectivity index (χ2n) is 10.2. The molecule has 5 heteroatoms. The average Bonchev–Trinajstić information content (AvgIpc) is 2.65. The molecular weight excluding hydrogens is 404 g/mol. The molecule has 0 aliphatic heterocycles. The van der Waals surface area contributed by atoms with Gasteiger partial charge in [-0.05, 0) is 68.0 Å². The van der Waals surface area contributed by atoms with E-state index < -0.39 is 8.32 Å². The molecule has 0 spiro atoms. The van der Waals surface area contributed by atoms with Crippen molar-refractivity contribution < 1.29 is 18.7 Å². The Balaban J connectivity index is 2.88. The molecule has 176 valence electrons. The zero-order chi connectivity index (χ0) is 23.8. The summed E-state index contributed by atoms with van der Waals surface area (Å²) in [6.07, 6.45) is 7.57. The maximum Gasteiger partial charge on any atom is 0.191 e. The molecule has 31 heavy (non-hydrogen) atoms. The van der Waals surface area contributed by atoms with E-state index in [0.717, 1.165) is 23.1 Å². The number of ether oxygens (including phenoxy) is 2. The van der Waals surface area contributed by atoms with Crippen LogP contribution in [0.1, 0.15) is 53.9 Å². The van der Waals surface area contributed by atoms with Crippen LogP contribution < -0.4 is 0 Å². The first-order valence-corrected chi connectivity index (χ1v) is 14.2. The van der Waals surface area contributed by atoms with E-state index in [-0.39, 0.29) is 35.6 Å². The Kier molecular flexibility index (Phi) is 10.8. The molecular formula is C26H44O4Si. The van der Waals surface area contributed by atoms with Crippen molar-refractivity contribution >= 4 is 14.1 Å². The fraction of sp³-hybridized carbons (Fsp3) is 0.654. The lowest BCUT2D eigenvalue weighted by atomic mass is 9.72. The summed E-state index contributed by atoms with van der Waals surface area (Å²) in [5.74, 6) is 0.368. The molecule has 0 amide bonds. The van der Waals surface area contributed by atoms with Crippen LogP contribution in [0, 0.1) is 11.8 Å². The van der Waals surface area contributed by atoms with Gasteiger partial charge in [0.25, 0.3) is 0 Å². The topological polar surface area (TPSA) is 44.8 Å². The Morgan fingerprint density at radius 1 is 1.32 bits per heavy atom. The Morgan fingerprint density at radius 3 is 2.48 bits per heavy atom. The largest absolute Gasteiger partial charge is 0.416 e. The van der Waals surface area contributed by atoms with E-state index in [1.54, 1.807) is 19.3 Å². The van der Waals surface area contributed by atoms with E-state index in [1.807, 2.05) is 6.92 Å². The minimum Gasteiger partial charge on any atom is -0.416 e. The Bertz CT molecular complexity index is 697. The summed E-state index contributed by atoms with van der Waals surface area (Å²) in [6, 6.07) is 0. The zero-order valence-corrected chi connectivity index (χ0v) is 22.0. The van der Waals surface area contributed by atoms with Gasteiger partial charge in [0, 0.05) is 26.1 Å². The summed E-state index contributed by atoms with van der Waals surface area (Å²) in [5.41, 5.74) is 3.17. The van der Waals surface area contributed by atoms with Gasteiger partial charge in [0.05, 0.1) is 6.10 Å². The molecule has 1 aliphatic carbocycles. The zero-order valence-electron chi connectivity index (χ0n) is 21.0. The van der Waals surface area contributed by atoms with Crippen molar-refractivity contribution in [1.29, 1.82) is 0 Å². The van der Waals surface area contributed by atoms with Crippen LogP contribution in [0.25, 0.3) is 0 Å². The SMILES string of the molecule is C=C/C(=C/C(=O)C[C@H]1[C@H](C(=C)C)CC=C(C)[C@@H]1OCOC)CCO[Si](C)(C)C(C)(C)C. The molecule has 0 unspecified atom stereocenters. The molecule has 0 radical (unpaired) electrons. The van der Waals surface area contributed by atoms with E-state index in [0.29, 0.717) is 19.4 Å². The number of allylic oxidation sites excluding steroid dienone is 4. The minimum atomic E-state index is -1.80. The number of carbonyl (C=O) groups excluding carboxylic acids is 1. The summed E-state index contributed by atoms with van der Waals surface area (Å²) in [6.45, 7) is 24.2. The van der Waals surface area contributed by atoms with Crippen LogP contribution in [0.4, 0.5) is 0 Å². The molecule has 0 heterocycles. The monoisotopic (exact) mass is 448 g/mol. The summed E-state index contributed by atoms with van der Waals surface area (Å²) in [5, 5.41) is 0.169. The first-order valence-electron chi connectivity index (χ1n) is 11.3. The highest BCUT2D eigenvalue weighted by molar-refractivity contribution is 6.74. The molecule has 0 aromatic carbocycles. The molecule has 0 aromatic rings. The number of rotatable bonds is 12. The van der Waals surface area contributed by atoms with Crippen molar-refractivity contribution in [3.63, 3.8) is 0 Å². The normalized spacial score (nSPS) is 22.8. The van der Waals surface area contributed by atoms with E-state index >= 15 is 0 Å². The minimum absolute atomic E-state index is 0.0518. The molecule has 3 atom stereocenters. The number of hydrogen-bond acceptors (Lipinski definition) is 4. The van der Waals surface area contributed by atoms with Gasteiger partial charge >= 0.3 is 0 Å². The van der Waals surface area contributed by atoms with Crippen molar-refractivity contribution in [1.82, 2.24) is 0 Å². The molecule has 0 saturated heterocycles. The highest BCUT2D eigenvalue weighted by Crippen LogP contribution is 2.39. The summed E-state index contributed by atoms with van der Waals surface area (Å²) in [4.78, 5) is 13.0. The Labute approximate surface area is 191 Å². The third-order valence-electron chi connectivity index (χ3n) is 6.75. The first-order chi connectivity index (χ1) is 14.3. The van der Waals surface area contributed by atoms with Crippen LogP contribution in [0.2, 0.25) is 18.1 Å². The van der Waals surface area contributed by atoms with E-state index in [4.69, 9.17) is 13.9 Å². The quantitative estimate of drug-likeness (QED) is 0.111. The maximum absolute atomic E-state index is 13.0. The van der Waals surface area contributed by atoms with Gasteiger partial charge in [-0.1, -0.05) is 51.7 Å². The van der Waals surface area contributed by atoms with E-state index in [1.165, 1.54) is 0 Å². The number of ketones is 1. The van der Waals surface area contributed by atoms with Gasteiger partial charge < -0.3 is 13.9 Å². The Hall–Kier alpha value is -1.27. The van der Waals surface area contributed by atoms with Gasteiger partial charge in [-0.25, -0.2) is 0 Å². The lowest BCUT2D eigenvalue weighted by Crippen LogP contribution is -2.41. The standard InChI is InChI=1S/C26H44O4Si/c1-11-21(14-15-30-31(9,10)26(5,6)7)16-22(27)17-24-23(19(2)3)13-12-20(4)25(24)29-18-28-8/h11-12,16,23-25H,1-2,13-15,17-18H2,3-10H3/b21-16-/t23-,24-,25-/m0/s1. The molecule has 0 N–H and O–H groups in total. The predicted octanol–water partition coefficient (Wildman–Crippen LogP) is 6.62. The van der Waals surface area contributed by atoms with Crippen LogP contribution in [-0.4, -0.2) is 40.7 Å². The molecule has 1 aliphatic rings. The lowest BCUT2D eigenvalue weighted by molar-refractivity contribution is -0.120. The summed E-state index contributed by atoms with van der Waals surface area (Å²) >= 11 is 0. The molecule has 1 rings (SSSR count).